The predicted octanol–water partition coefficient (Wildman–Crippen LogP) is 1.83. The zero-order chi connectivity index (χ0) is 18.0. The molecule has 0 aliphatic heterocycles. The highest BCUT2D eigenvalue weighted by Crippen LogP contribution is 2.30. The summed E-state index contributed by atoms with van der Waals surface area (Å²) in [6.07, 6.45) is 9.90. The summed E-state index contributed by atoms with van der Waals surface area (Å²) in [4.78, 5) is 14.8. The van der Waals surface area contributed by atoms with Gasteiger partial charge < -0.3 is 5.73 Å². The van der Waals surface area contributed by atoms with Gasteiger partial charge >= 0.3 is 0 Å². The van der Waals surface area contributed by atoms with Crippen LogP contribution in [-0.4, -0.2) is 33.0 Å². The minimum absolute atomic E-state index is 0.197. The summed E-state index contributed by atoms with van der Waals surface area (Å²) in [5, 5.41) is 0. The molecule has 0 spiro atoms. The van der Waals surface area contributed by atoms with E-state index in [-0.39, 0.29) is 5.92 Å². The number of rotatable bonds is 2. The predicted molar refractivity (Wildman–Crippen MR) is 91.1 cm³/mol. The fourth-order valence-electron chi connectivity index (χ4n) is 2.26. The summed E-state index contributed by atoms with van der Waals surface area (Å²) >= 11 is 0. The molecule has 3 rings (SSSR count). The molecule has 2 aromatic heterocycles. The van der Waals surface area contributed by atoms with E-state index in [0.29, 0.717) is 5.69 Å². The van der Waals surface area contributed by atoms with Gasteiger partial charge in [0.1, 0.15) is 16.1 Å². The smallest absolute Gasteiger partial charge is 0.274 e. The molecule has 2 unspecified atom stereocenters. The average molecular weight is 349 g/mol. The molecule has 0 saturated carbocycles. The number of nitrogens with zero attached hydrogens (tertiary/aromatic N) is 2. The number of nitrogens with two attached hydrogens (primary N) is 1. The highest BCUT2D eigenvalue weighted by Gasteiger charge is 2.40. The number of hydrogen-bond acceptors (Lipinski definition) is 4. The van der Waals surface area contributed by atoms with Crippen LogP contribution in [0.1, 0.15) is 24.3 Å². The van der Waals surface area contributed by atoms with E-state index < -0.39 is 20.8 Å². The van der Waals surface area contributed by atoms with E-state index in [2.05, 4.69) is 4.98 Å². The number of hydrogen-bond donors (Lipinski definition) is 2. The molecule has 0 fully saturated rings. The molecule has 8 heteroatoms. The number of carbonyl (C=O) groups is 1. The van der Waals surface area contributed by atoms with Crippen LogP contribution in [-0.2, 0) is 10.1 Å². The quantitative estimate of drug-likeness (QED) is 0.803. The Balaban J connectivity index is 0.000000174. The van der Waals surface area contributed by atoms with Crippen molar-refractivity contribution in [2.75, 3.05) is 0 Å². The second kappa shape index (κ2) is 6.58. The third-order valence-corrected chi connectivity index (χ3v) is 5.69. The van der Waals surface area contributed by atoms with Crippen LogP contribution >= 0.6 is 0 Å². The molecule has 24 heavy (non-hydrogen) atoms. The van der Waals surface area contributed by atoms with Gasteiger partial charge in [0.25, 0.3) is 16.0 Å². The molecule has 2 aromatic rings. The Hall–Kier alpha value is -2.45. The zero-order valence-electron chi connectivity index (χ0n) is 13.3. The van der Waals surface area contributed by atoms with Crippen molar-refractivity contribution in [1.82, 2.24) is 9.38 Å². The van der Waals surface area contributed by atoms with Crippen molar-refractivity contribution in [3.8, 4) is 0 Å². The summed E-state index contributed by atoms with van der Waals surface area (Å²) < 4.78 is 31.4. The van der Waals surface area contributed by atoms with E-state index in [0.717, 1.165) is 5.65 Å². The molecule has 0 bridgehead atoms. The van der Waals surface area contributed by atoms with Crippen LogP contribution in [0.2, 0.25) is 0 Å². The third-order valence-electron chi connectivity index (χ3n) is 4.07. The Kier molecular flexibility index (Phi) is 4.91. The molecule has 128 valence electrons. The molecule has 3 N–H and O–H groups in total. The second-order valence-electron chi connectivity index (χ2n) is 5.63. The Morgan fingerprint density at radius 2 is 2.08 bits per heavy atom. The van der Waals surface area contributed by atoms with E-state index in [4.69, 9.17) is 10.3 Å². The lowest BCUT2D eigenvalue weighted by atomic mass is 9.91. The first-order chi connectivity index (χ1) is 11.2. The topological polar surface area (TPSA) is 115 Å². The maximum atomic E-state index is 11.0. The number of imidazole rings is 1. The minimum atomic E-state index is -4.01. The van der Waals surface area contributed by atoms with Gasteiger partial charge in [0.05, 0.1) is 6.20 Å². The monoisotopic (exact) mass is 349 g/mol. The van der Waals surface area contributed by atoms with Crippen molar-refractivity contribution >= 4 is 21.7 Å². The molecule has 0 saturated heterocycles. The van der Waals surface area contributed by atoms with E-state index >= 15 is 0 Å². The Bertz CT molecular complexity index is 914. The normalized spacial score (nSPS) is 22.9. The standard InChI is InChI=1S/C8H7N3O.C8H12O3S/c9-8(12)6-5-10-7-3-1-2-4-11(6)7;1-7-5-3-4-6-8(7,2)12(9,10)11/h1-5H,(H2,9,12);3-7H,1-2H3,(H,9,10,11). The van der Waals surface area contributed by atoms with Gasteiger partial charge in [-0.25, -0.2) is 4.98 Å². The molecular formula is C16H19N3O4S. The van der Waals surface area contributed by atoms with E-state index in [9.17, 15) is 13.2 Å². The number of carbonyl (C=O) groups excluding carboxylic acids is 1. The van der Waals surface area contributed by atoms with Crippen molar-refractivity contribution in [1.29, 1.82) is 0 Å². The van der Waals surface area contributed by atoms with Crippen LogP contribution in [0.15, 0.2) is 54.9 Å². The van der Waals surface area contributed by atoms with E-state index in [1.165, 1.54) is 19.2 Å². The molecule has 0 aromatic carbocycles. The van der Waals surface area contributed by atoms with Gasteiger partial charge in [0.15, 0.2) is 0 Å². The number of primary amides is 1. The number of aromatic nitrogens is 2. The van der Waals surface area contributed by atoms with Crippen LogP contribution in [0.4, 0.5) is 0 Å². The molecule has 2 atom stereocenters. The van der Waals surface area contributed by atoms with Crippen LogP contribution in [0.5, 0.6) is 0 Å². The van der Waals surface area contributed by atoms with Gasteiger partial charge in [-0.1, -0.05) is 37.3 Å². The van der Waals surface area contributed by atoms with Crippen molar-refractivity contribution in [2.45, 2.75) is 18.6 Å². The lowest BCUT2D eigenvalue weighted by molar-refractivity contribution is 0.0994. The van der Waals surface area contributed by atoms with Gasteiger partial charge in [-0.15, -0.1) is 0 Å². The summed E-state index contributed by atoms with van der Waals surface area (Å²) in [5.41, 5.74) is 6.26. The van der Waals surface area contributed by atoms with Crippen molar-refractivity contribution < 1.29 is 17.8 Å². The molecular weight excluding hydrogens is 330 g/mol. The van der Waals surface area contributed by atoms with Gasteiger partial charge in [-0.2, -0.15) is 8.42 Å². The fourth-order valence-corrected chi connectivity index (χ4v) is 3.05. The van der Waals surface area contributed by atoms with E-state index in [1.807, 2.05) is 18.2 Å². The average Bonchev–Trinajstić information content (AvgIpc) is 2.94. The first kappa shape index (κ1) is 17.9. The molecule has 7 nitrogen and oxygen atoms in total. The van der Waals surface area contributed by atoms with Crippen LogP contribution in [0, 0.1) is 5.92 Å². The number of pyridine rings is 1. The fraction of sp³-hybridized carbons (Fsp3) is 0.250. The van der Waals surface area contributed by atoms with Gasteiger partial charge in [-0.05, 0) is 25.0 Å². The van der Waals surface area contributed by atoms with Gasteiger partial charge in [0.2, 0.25) is 0 Å². The third kappa shape index (κ3) is 3.39. The Morgan fingerprint density at radius 3 is 2.62 bits per heavy atom. The first-order valence-electron chi connectivity index (χ1n) is 7.22. The van der Waals surface area contributed by atoms with Crippen molar-refractivity contribution in [3.05, 3.63) is 60.6 Å². The molecule has 1 aliphatic carbocycles. The largest absolute Gasteiger partial charge is 0.364 e. The van der Waals surface area contributed by atoms with Crippen molar-refractivity contribution in [3.63, 3.8) is 0 Å². The lowest BCUT2D eigenvalue weighted by Gasteiger charge is -2.29. The minimum Gasteiger partial charge on any atom is -0.364 e. The van der Waals surface area contributed by atoms with Crippen molar-refractivity contribution in [2.24, 2.45) is 11.7 Å². The number of fused-ring (bicyclic) bond motifs is 1. The molecule has 0 radical (unpaired) electrons. The summed E-state index contributed by atoms with van der Waals surface area (Å²) in [6, 6.07) is 5.49. The number of allylic oxidation sites excluding steroid dienone is 3. The first-order valence-corrected chi connectivity index (χ1v) is 8.66. The zero-order valence-corrected chi connectivity index (χ0v) is 14.1. The molecule has 1 aliphatic rings. The molecule has 2 heterocycles. The summed E-state index contributed by atoms with van der Waals surface area (Å²) in [5.74, 6) is -0.661. The highest BCUT2D eigenvalue weighted by atomic mass is 32.2. The number of amides is 1. The summed E-state index contributed by atoms with van der Waals surface area (Å²) in [7, 11) is -4.01. The molecule has 1 amide bonds. The lowest BCUT2D eigenvalue weighted by Crippen LogP contribution is -2.39. The van der Waals surface area contributed by atoms with Gasteiger partial charge in [-0.3, -0.25) is 13.7 Å². The van der Waals surface area contributed by atoms with Crippen LogP contribution < -0.4 is 5.73 Å². The van der Waals surface area contributed by atoms with Crippen LogP contribution in [0.3, 0.4) is 0 Å². The van der Waals surface area contributed by atoms with Crippen LogP contribution in [0.25, 0.3) is 5.65 Å². The second-order valence-corrected chi connectivity index (χ2v) is 7.46. The van der Waals surface area contributed by atoms with Gasteiger partial charge in [0, 0.05) is 6.20 Å². The highest BCUT2D eigenvalue weighted by molar-refractivity contribution is 7.87. The summed E-state index contributed by atoms with van der Waals surface area (Å²) in [6.45, 7) is 3.26. The Labute approximate surface area is 140 Å². The maximum Gasteiger partial charge on any atom is 0.274 e. The maximum absolute atomic E-state index is 11.0. The Morgan fingerprint density at radius 1 is 1.38 bits per heavy atom. The SMILES string of the molecule is CC1C=CC=CC1(C)S(=O)(=O)O.NC(=O)c1cnc2ccccn12. The van der Waals surface area contributed by atoms with E-state index in [1.54, 1.807) is 35.7 Å².